The van der Waals surface area contributed by atoms with E-state index in [0.717, 1.165) is 38.2 Å². The van der Waals surface area contributed by atoms with Gasteiger partial charge in [0.05, 0.1) is 6.61 Å². The molecular formula is C12H23NO2. The minimum Gasteiger partial charge on any atom is -0.383 e. The Hall–Kier alpha value is -0.120. The minimum atomic E-state index is 0.181. The fraction of sp³-hybridized carbons (Fsp3) is 1.00. The third-order valence-corrected chi connectivity index (χ3v) is 3.87. The fourth-order valence-corrected chi connectivity index (χ4v) is 3.07. The van der Waals surface area contributed by atoms with Crippen molar-refractivity contribution in [3.8, 4) is 0 Å². The molecule has 3 atom stereocenters. The van der Waals surface area contributed by atoms with Gasteiger partial charge in [0.25, 0.3) is 0 Å². The van der Waals surface area contributed by atoms with Gasteiger partial charge in [-0.05, 0) is 44.6 Å². The van der Waals surface area contributed by atoms with E-state index in [4.69, 9.17) is 9.47 Å². The molecule has 0 aromatic heterocycles. The number of ether oxygens (including phenoxy) is 2. The van der Waals surface area contributed by atoms with E-state index in [1.54, 1.807) is 7.11 Å². The van der Waals surface area contributed by atoms with Crippen LogP contribution in [0.3, 0.4) is 0 Å². The highest BCUT2D eigenvalue weighted by atomic mass is 16.5. The Bertz CT molecular complexity index is 200. The summed E-state index contributed by atoms with van der Waals surface area (Å²) < 4.78 is 10.8. The first-order chi connectivity index (χ1) is 7.23. The van der Waals surface area contributed by atoms with Gasteiger partial charge >= 0.3 is 0 Å². The third kappa shape index (κ3) is 2.71. The van der Waals surface area contributed by atoms with Gasteiger partial charge in [0.15, 0.2) is 0 Å². The van der Waals surface area contributed by atoms with Crippen molar-refractivity contribution in [3.63, 3.8) is 0 Å². The molecule has 3 nitrogen and oxygen atoms in total. The summed E-state index contributed by atoms with van der Waals surface area (Å²) in [5.41, 5.74) is 0.181. The summed E-state index contributed by atoms with van der Waals surface area (Å²) >= 11 is 0. The van der Waals surface area contributed by atoms with E-state index in [-0.39, 0.29) is 5.54 Å². The lowest BCUT2D eigenvalue weighted by Crippen LogP contribution is -2.52. The van der Waals surface area contributed by atoms with Crippen LogP contribution < -0.4 is 5.32 Å². The molecule has 2 saturated heterocycles. The largest absolute Gasteiger partial charge is 0.383 e. The molecule has 1 N–H and O–H groups in total. The summed E-state index contributed by atoms with van der Waals surface area (Å²) in [4.78, 5) is 0. The maximum atomic E-state index is 5.49. The second-order valence-corrected chi connectivity index (χ2v) is 5.30. The average Bonchev–Trinajstić information content (AvgIpc) is 2.70. The van der Waals surface area contributed by atoms with Crippen LogP contribution in [0.25, 0.3) is 0 Å². The Morgan fingerprint density at radius 2 is 2.27 bits per heavy atom. The van der Waals surface area contributed by atoms with Gasteiger partial charge < -0.3 is 14.8 Å². The Labute approximate surface area is 92.5 Å². The number of piperidine rings is 1. The first-order valence-corrected chi connectivity index (χ1v) is 6.05. The molecule has 3 heteroatoms. The lowest BCUT2D eigenvalue weighted by Gasteiger charge is -2.40. The zero-order valence-electron chi connectivity index (χ0n) is 9.92. The van der Waals surface area contributed by atoms with Crippen LogP contribution >= 0.6 is 0 Å². The van der Waals surface area contributed by atoms with E-state index in [1.807, 2.05) is 0 Å². The van der Waals surface area contributed by atoms with Crippen molar-refractivity contribution >= 4 is 0 Å². The van der Waals surface area contributed by atoms with Gasteiger partial charge in [0, 0.05) is 25.9 Å². The molecule has 2 aliphatic rings. The molecule has 0 amide bonds. The molecule has 0 aromatic rings. The van der Waals surface area contributed by atoms with Crippen molar-refractivity contribution in [3.05, 3.63) is 0 Å². The highest BCUT2D eigenvalue weighted by molar-refractivity contribution is 4.92. The van der Waals surface area contributed by atoms with E-state index in [2.05, 4.69) is 12.2 Å². The number of hydrogen-bond acceptors (Lipinski definition) is 3. The molecule has 15 heavy (non-hydrogen) atoms. The van der Waals surface area contributed by atoms with E-state index >= 15 is 0 Å². The maximum Gasteiger partial charge on any atom is 0.0641 e. The van der Waals surface area contributed by atoms with Crippen molar-refractivity contribution in [2.75, 3.05) is 33.5 Å². The molecule has 2 aliphatic heterocycles. The van der Waals surface area contributed by atoms with Crippen molar-refractivity contribution in [2.45, 2.75) is 31.7 Å². The monoisotopic (exact) mass is 213 g/mol. The highest BCUT2D eigenvalue weighted by Crippen LogP contribution is 2.34. The van der Waals surface area contributed by atoms with Crippen LogP contribution in [0.4, 0.5) is 0 Å². The second kappa shape index (κ2) is 4.81. The van der Waals surface area contributed by atoms with Gasteiger partial charge in [0.1, 0.15) is 0 Å². The average molecular weight is 213 g/mol. The summed E-state index contributed by atoms with van der Waals surface area (Å²) in [6.07, 6.45) is 3.79. The molecular weight excluding hydrogens is 190 g/mol. The van der Waals surface area contributed by atoms with Crippen molar-refractivity contribution in [1.29, 1.82) is 0 Å². The van der Waals surface area contributed by atoms with Crippen molar-refractivity contribution < 1.29 is 9.47 Å². The van der Waals surface area contributed by atoms with Crippen LogP contribution in [-0.4, -0.2) is 39.0 Å². The van der Waals surface area contributed by atoms with Crippen molar-refractivity contribution in [1.82, 2.24) is 5.32 Å². The fourth-order valence-electron chi connectivity index (χ4n) is 3.07. The predicted octanol–water partition coefficient (Wildman–Crippen LogP) is 1.43. The van der Waals surface area contributed by atoms with Gasteiger partial charge in [-0.15, -0.1) is 0 Å². The van der Waals surface area contributed by atoms with Crippen LogP contribution in [0, 0.1) is 11.8 Å². The SMILES string of the molecule is COCC1(C)CC(C2CCOC2)CCN1. The zero-order valence-corrected chi connectivity index (χ0v) is 9.92. The van der Waals surface area contributed by atoms with E-state index in [1.165, 1.54) is 19.3 Å². The molecule has 0 saturated carbocycles. The van der Waals surface area contributed by atoms with Gasteiger partial charge in [-0.2, -0.15) is 0 Å². The van der Waals surface area contributed by atoms with Crippen LogP contribution in [0.15, 0.2) is 0 Å². The Balaban J connectivity index is 1.91. The molecule has 2 rings (SSSR count). The van der Waals surface area contributed by atoms with E-state index in [0.29, 0.717) is 0 Å². The van der Waals surface area contributed by atoms with Gasteiger partial charge in [-0.3, -0.25) is 0 Å². The molecule has 3 unspecified atom stereocenters. The summed E-state index contributed by atoms with van der Waals surface area (Å²) in [6.45, 7) is 6.17. The number of hydrogen-bond donors (Lipinski definition) is 1. The summed E-state index contributed by atoms with van der Waals surface area (Å²) in [7, 11) is 1.79. The Morgan fingerprint density at radius 1 is 1.40 bits per heavy atom. The molecule has 2 heterocycles. The number of rotatable bonds is 3. The minimum absolute atomic E-state index is 0.181. The normalized spacial score (nSPS) is 42.0. The molecule has 0 radical (unpaired) electrons. The second-order valence-electron chi connectivity index (χ2n) is 5.30. The van der Waals surface area contributed by atoms with E-state index in [9.17, 15) is 0 Å². The van der Waals surface area contributed by atoms with Crippen LogP contribution in [0.1, 0.15) is 26.2 Å². The summed E-state index contributed by atoms with van der Waals surface area (Å²) in [5, 5.41) is 3.58. The lowest BCUT2D eigenvalue weighted by molar-refractivity contribution is 0.0650. The maximum absolute atomic E-state index is 5.49. The summed E-state index contributed by atoms with van der Waals surface area (Å²) in [5.74, 6) is 1.62. The van der Waals surface area contributed by atoms with Gasteiger partial charge in [-0.1, -0.05) is 0 Å². The lowest BCUT2D eigenvalue weighted by atomic mass is 9.76. The first-order valence-electron chi connectivity index (χ1n) is 6.05. The zero-order chi connectivity index (χ0) is 10.7. The third-order valence-electron chi connectivity index (χ3n) is 3.87. The van der Waals surface area contributed by atoms with Crippen LogP contribution in [0.2, 0.25) is 0 Å². The van der Waals surface area contributed by atoms with Gasteiger partial charge in [0.2, 0.25) is 0 Å². The van der Waals surface area contributed by atoms with E-state index < -0.39 is 0 Å². The standard InChI is InChI=1S/C12H23NO2/c1-12(9-14-2)7-10(3-5-13-12)11-4-6-15-8-11/h10-11,13H,3-9H2,1-2H3. The topological polar surface area (TPSA) is 30.5 Å². The molecule has 2 fully saturated rings. The van der Waals surface area contributed by atoms with Crippen LogP contribution in [0.5, 0.6) is 0 Å². The quantitative estimate of drug-likeness (QED) is 0.769. The Morgan fingerprint density at radius 3 is 2.93 bits per heavy atom. The molecule has 0 aromatic carbocycles. The first kappa shape index (κ1) is 11.4. The molecule has 0 spiro atoms. The predicted molar refractivity (Wildman–Crippen MR) is 59.9 cm³/mol. The smallest absolute Gasteiger partial charge is 0.0641 e. The molecule has 88 valence electrons. The number of nitrogens with one attached hydrogen (secondary N) is 1. The molecule has 0 bridgehead atoms. The van der Waals surface area contributed by atoms with Crippen LogP contribution in [-0.2, 0) is 9.47 Å². The summed E-state index contributed by atoms with van der Waals surface area (Å²) in [6, 6.07) is 0. The molecule has 0 aliphatic carbocycles. The van der Waals surface area contributed by atoms with Gasteiger partial charge in [-0.25, -0.2) is 0 Å². The van der Waals surface area contributed by atoms with Crippen molar-refractivity contribution in [2.24, 2.45) is 11.8 Å². The Kier molecular flexibility index (Phi) is 3.65. The highest BCUT2D eigenvalue weighted by Gasteiger charge is 2.36. The number of methoxy groups -OCH3 is 1.